The molecule has 0 atom stereocenters. The van der Waals surface area contributed by atoms with Crippen LogP contribution in [0.3, 0.4) is 0 Å². The fourth-order valence-electron chi connectivity index (χ4n) is 1.48. The minimum atomic E-state index is 0.146. The van der Waals surface area contributed by atoms with Gasteiger partial charge in [0.25, 0.3) is 0 Å². The lowest BCUT2D eigenvalue weighted by molar-refractivity contribution is 0.374. The van der Waals surface area contributed by atoms with Crippen LogP contribution in [0.15, 0.2) is 0 Å². The molecule has 80 valence electrons. The molecule has 0 heterocycles. The first-order valence-corrected chi connectivity index (χ1v) is 11.9. The maximum atomic E-state index is 2.93. The van der Waals surface area contributed by atoms with E-state index in [2.05, 4.69) is 25.0 Å². The molecule has 0 aromatic carbocycles. The molecule has 0 bridgehead atoms. The number of rotatable bonds is 6. The molecule has 0 rings (SSSR count). The summed E-state index contributed by atoms with van der Waals surface area (Å²) in [7, 11) is 3.13. The van der Waals surface area contributed by atoms with Gasteiger partial charge in [0.1, 0.15) is 0 Å². The molecule has 0 fully saturated rings. The van der Waals surface area contributed by atoms with Crippen molar-refractivity contribution in [1.29, 1.82) is 0 Å². The minimum absolute atomic E-state index is 0.146. The molecule has 0 saturated carbocycles. The van der Waals surface area contributed by atoms with Gasteiger partial charge in [0.15, 0.2) is 0 Å². The van der Waals surface area contributed by atoms with Crippen LogP contribution in [0.1, 0.15) is 20.8 Å². The average Bonchev–Trinajstić information content (AvgIpc) is 2.02. The molecule has 0 unspecified atom stereocenters. The molecule has 1 nitrogen and oxygen atoms in total. The van der Waals surface area contributed by atoms with Crippen LogP contribution in [0.5, 0.6) is 0 Å². The highest BCUT2D eigenvalue weighted by molar-refractivity contribution is 6.51. The van der Waals surface area contributed by atoms with Gasteiger partial charge in [-0.25, -0.2) is 0 Å². The van der Waals surface area contributed by atoms with Crippen molar-refractivity contribution < 1.29 is 0 Å². The highest BCUT2D eigenvalue weighted by Gasteiger charge is 2.19. The van der Waals surface area contributed by atoms with E-state index < -0.39 is 0 Å². The lowest BCUT2D eigenvalue weighted by Gasteiger charge is -2.36. The van der Waals surface area contributed by atoms with Crippen molar-refractivity contribution in [3.8, 4) is 0 Å². The van der Waals surface area contributed by atoms with E-state index in [4.69, 9.17) is 0 Å². The Morgan fingerprint density at radius 2 is 1.38 bits per heavy atom. The Labute approximate surface area is 94.7 Å². The van der Waals surface area contributed by atoms with Crippen molar-refractivity contribution in [3.63, 3.8) is 0 Å². The van der Waals surface area contributed by atoms with Crippen LogP contribution in [0, 0.1) is 0 Å². The highest BCUT2D eigenvalue weighted by atomic mass is 28.3. The van der Waals surface area contributed by atoms with Crippen LogP contribution in [-0.4, -0.2) is 49.6 Å². The number of hydrogen-bond acceptors (Lipinski definition) is 1. The van der Waals surface area contributed by atoms with E-state index in [1.165, 1.54) is 32.6 Å². The van der Waals surface area contributed by atoms with Gasteiger partial charge in [-0.3, -0.25) is 0 Å². The Morgan fingerprint density at radius 1 is 1.00 bits per heavy atom. The summed E-state index contributed by atoms with van der Waals surface area (Å²) in [5.41, 5.74) is 0.506. The zero-order chi connectivity index (χ0) is 10.3. The van der Waals surface area contributed by atoms with Gasteiger partial charge >= 0.3 is 0 Å². The Morgan fingerprint density at radius 3 is 1.62 bits per heavy atom. The van der Waals surface area contributed by atoms with E-state index >= 15 is 0 Å². The SMILES string of the molecule is CC(C)(C)N([SiH2]CC[SiH3])[SiH2]CC[SiH3]. The fraction of sp³-hybridized carbons (Fsp3) is 1.00. The molecule has 5 heteroatoms. The summed E-state index contributed by atoms with van der Waals surface area (Å²) in [6, 6.07) is 6.23. The Kier molecular flexibility index (Phi) is 7.62. The molecule has 0 radical (unpaired) electrons. The largest absolute Gasteiger partial charge is 0.351 e. The Balaban J connectivity index is 3.88. The van der Waals surface area contributed by atoms with Crippen LogP contribution in [0.4, 0.5) is 0 Å². The maximum Gasteiger partial charge on any atom is 0.0872 e. The Hall–Kier alpha value is 0.828. The van der Waals surface area contributed by atoms with Gasteiger partial charge in [0, 0.05) is 20.5 Å². The van der Waals surface area contributed by atoms with E-state index in [0.29, 0.717) is 5.54 Å². The summed E-state index contributed by atoms with van der Waals surface area (Å²) in [6.45, 7) is 7.23. The monoisotopic (exact) mass is 249 g/mol. The molecule has 0 N–H and O–H groups in total. The molecule has 0 aromatic rings. The minimum Gasteiger partial charge on any atom is -0.351 e. The second kappa shape index (κ2) is 7.16. The van der Waals surface area contributed by atoms with Crippen LogP contribution in [0.25, 0.3) is 0 Å². The second-order valence-corrected chi connectivity index (χ2v) is 11.6. The molecule has 0 aliphatic heterocycles. The predicted molar refractivity (Wildman–Crippen MR) is 77.8 cm³/mol. The van der Waals surface area contributed by atoms with Crippen molar-refractivity contribution in [2.24, 2.45) is 0 Å². The van der Waals surface area contributed by atoms with Crippen LogP contribution in [0.2, 0.25) is 24.2 Å². The standard InChI is InChI=1S/C8H27NSi4/c1-8(2,3)9(12-6-4-10)13-7-5-11/h4-7,12-13H2,1-3,10-11H3. The average molecular weight is 250 g/mol. The van der Waals surface area contributed by atoms with E-state index in [9.17, 15) is 0 Å². The van der Waals surface area contributed by atoms with Crippen molar-refractivity contribution >= 4 is 39.8 Å². The molecule has 0 spiro atoms. The third kappa shape index (κ3) is 6.84. The first-order valence-electron chi connectivity index (χ1n) is 5.77. The number of nitrogens with zero attached hydrogens (tertiary/aromatic N) is 1. The zero-order valence-corrected chi connectivity index (χ0v) is 17.0. The third-order valence-electron chi connectivity index (χ3n) is 2.51. The Bertz CT molecular complexity index is 116. The quantitative estimate of drug-likeness (QED) is 0.527. The molecule has 0 aromatic heterocycles. The highest BCUT2D eigenvalue weighted by Crippen LogP contribution is 2.12. The van der Waals surface area contributed by atoms with Gasteiger partial charge in [0.05, 0.1) is 19.4 Å². The molecule has 0 amide bonds. The van der Waals surface area contributed by atoms with Gasteiger partial charge < -0.3 is 4.23 Å². The lowest BCUT2D eigenvalue weighted by Crippen LogP contribution is -2.46. The number of hydrogen-bond donors (Lipinski definition) is 0. The van der Waals surface area contributed by atoms with Crippen LogP contribution in [-0.2, 0) is 0 Å². The predicted octanol–water partition coefficient (Wildman–Crippen LogP) is -1.34. The summed E-state index contributed by atoms with van der Waals surface area (Å²) < 4.78 is 2.93. The lowest BCUT2D eigenvalue weighted by atomic mass is 10.1. The summed E-state index contributed by atoms with van der Waals surface area (Å²) in [4.78, 5) is 0. The summed E-state index contributed by atoms with van der Waals surface area (Å²) in [6.07, 6.45) is 0. The first-order chi connectivity index (χ1) is 6.02. The van der Waals surface area contributed by atoms with E-state index in [0.717, 1.165) is 0 Å². The second-order valence-electron chi connectivity index (χ2n) is 4.86. The molecule has 13 heavy (non-hydrogen) atoms. The van der Waals surface area contributed by atoms with Gasteiger partial charge in [0.2, 0.25) is 0 Å². The van der Waals surface area contributed by atoms with E-state index in [1.807, 2.05) is 0 Å². The maximum absolute atomic E-state index is 2.93. The van der Waals surface area contributed by atoms with Crippen LogP contribution < -0.4 is 0 Å². The fourth-order valence-corrected chi connectivity index (χ4v) is 8.35. The van der Waals surface area contributed by atoms with Crippen molar-refractivity contribution in [2.75, 3.05) is 0 Å². The normalized spacial score (nSPS) is 14.8. The summed E-state index contributed by atoms with van der Waals surface area (Å²) >= 11 is 0. The van der Waals surface area contributed by atoms with Gasteiger partial charge in [-0.05, 0) is 26.3 Å². The van der Waals surface area contributed by atoms with Crippen molar-refractivity contribution in [3.05, 3.63) is 0 Å². The molecule has 0 saturated heterocycles. The summed E-state index contributed by atoms with van der Waals surface area (Å²) in [5, 5.41) is 0. The van der Waals surface area contributed by atoms with Crippen LogP contribution >= 0.6 is 0 Å². The van der Waals surface area contributed by atoms with Gasteiger partial charge in [-0.15, -0.1) is 0 Å². The first kappa shape index (κ1) is 13.8. The zero-order valence-electron chi connectivity index (χ0n) is 10.2. The van der Waals surface area contributed by atoms with E-state index in [1.54, 1.807) is 12.1 Å². The van der Waals surface area contributed by atoms with Gasteiger partial charge in [-0.2, -0.15) is 0 Å². The third-order valence-corrected chi connectivity index (χ3v) is 13.7. The smallest absolute Gasteiger partial charge is 0.0872 e. The van der Waals surface area contributed by atoms with Gasteiger partial charge in [-0.1, -0.05) is 24.2 Å². The van der Waals surface area contributed by atoms with Crippen molar-refractivity contribution in [2.45, 2.75) is 50.5 Å². The van der Waals surface area contributed by atoms with Crippen molar-refractivity contribution in [1.82, 2.24) is 4.23 Å². The van der Waals surface area contributed by atoms with E-state index in [-0.39, 0.29) is 19.4 Å². The molecular formula is C8H27NSi4. The summed E-state index contributed by atoms with van der Waals surface area (Å²) in [5.74, 6) is 0. The molecule has 0 aliphatic rings. The topological polar surface area (TPSA) is 3.24 Å². The molecular weight excluding hydrogens is 222 g/mol. The molecule has 0 aliphatic carbocycles.